The third-order valence-corrected chi connectivity index (χ3v) is 8.70. The minimum Gasteiger partial charge on any atom is -0.443 e. The topological polar surface area (TPSA) is 163 Å². The van der Waals surface area contributed by atoms with Crippen LogP contribution in [0.25, 0.3) is 11.5 Å². The van der Waals surface area contributed by atoms with Crippen molar-refractivity contribution >= 4 is 37.9 Å². The lowest BCUT2D eigenvalue weighted by Crippen LogP contribution is -2.47. The number of hydrogen-bond donors (Lipinski definition) is 3. The van der Waals surface area contributed by atoms with Crippen molar-refractivity contribution in [3.63, 3.8) is 0 Å². The number of nitrogens with zero attached hydrogens (tertiary/aromatic N) is 3. The highest BCUT2D eigenvalue weighted by Gasteiger charge is 2.35. The number of rotatable bonds is 8. The average Bonchev–Trinajstić information content (AvgIpc) is 3.13. The van der Waals surface area contributed by atoms with E-state index >= 15 is 0 Å². The van der Waals surface area contributed by atoms with E-state index in [0.717, 1.165) is 6.20 Å². The van der Waals surface area contributed by atoms with Crippen molar-refractivity contribution in [3.8, 4) is 11.5 Å². The van der Waals surface area contributed by atoms with E-state index in [4.69, 9.17) is 16.3 Å². The quantitative estimate of drug-likeness (QED) is 0.428. The molecular weight excluding hydrogens is 551 g/mol. The fraction of sp³-hybridized carbons (Fsp3) is 0.571. The highest BCUT2D eigenvalue weighted by atomic mass is 35.5. The molecule has 12 nitrogen and oxygen atoms in total. The van der Waals surface area contributed by atoms with Crippen molar-refractivity contribution in [1.82, 2.24) is 28.7 Å². The smallest absolute Gasteiger partial charge is 0.422 e. The van der Waals surface area contributed by atoms with Crippen molar-refractivity contribution in [2.45, 2.75) is 45.6 Å². The summed E-state index contributed by atoms with van der Waals surface area (Å²) < 4.78 is 72.8. The zero-order valence-corrected chi connectivity index (χ0v) is 23.2. The van der Waals surface area contributed by atoms with Crippen LogP contribution < -0.4 is 9.44 Å². The van der Waals surface area contributed by atoms with E-state index in [2.05, 4.69) is 15.0 Å². The van der Waals surface area contributed by atoms with Gasteiger partial charge in [0.05, 0.1) is 17.6 Å². The molecule has 3 rings (SSSR count). The van der Waals surface area contributed by atoms with Crippen molar-refractivity contribution < 1.29 is 30.8 Å². The Kier molecular flexibility index (Phi) is 8.84. The molecule has 0 spiro atoms. The Bertz CT molecular complexity index is 1330. The Hall–Kier alpha value is -2.33. The third kappa shape index (κ3) is 8.07. The predicted molar refractivity (Wildman–Crippen MR) is 135 cm³/mol. The summed E-state index contributed by atoms with van der Waals surface area (Å²) in [5.74, 6) is -0.839. The molecule has 0 radical (unpaired) electrons. The maximum Gasteiger partial charge on any atom is 0.422 e. The fourth-order valence-corrected chi connectivity index (χ4v) is 6.49. The predicted octanol–water partition coefficient (Wildman–Crippen LogP) is 2.38. The maximum atomic E-state index is 13.2. The molecule has 206 valence electrons. The van der Waals surface area contributed by atoms with Crippen LogP contribution in [0.3, 0.4) is 0 Å². The number of amides is 1. The lowest BCUT2D eigenvalue weighted by Gasteiger charge is -2.35. The number of aromatic amines is 1. The second-order valence-electron chi connectivity index (χ2n) is 9.70. The SMILES string of the molecule is C[C@H]1CN(S(=O)(=O)CCNS(=O)(=O)NC(=O)OC(C)(C)C)CC[C@H]1c1[nH]c(-c2ccc(F)cn2)nc1Cl. The largest absolute Gasteiger partial charge is 0.443 e. The van der Waals surface area contributed by atoms with Crippen LogP contribution in [0.1, 0.15) is 45.7 Å². The van der Waals surface area contributed by atoms with Crippen molar-refractivity contribution in [2.75, 3.05) is 25.4 Å². The zero-order valence-electron chi connectivity index (χ0n) is 20.8. The Balaban J connectivity index is 1.57. The van der Waals surface area contributed by atoms with Crippen LogP contribution >= 0.6 is 11.6 Å². The van der Waals surface area contributed by atoms with Crippen LogP contribution in [0.15, 0.2) is 18.3 Å². The molecule has 2 atom stereocenters. The van der Waals surface area contributed by atoms with Crippen molar-refractivity contribution in [3.05, 3.63) is 35.0 Å². The number of H-pyrrole nitrogens is 1. The molecule has 37 heavy (non-hydrogen) atoms. The van der Waals surface area contributed by atoms with Gasteiger partial charge >= 0.3 is 16.3 Å². The van der Waals surface area contributed by atoms with Gasteiger partial charge in [0.2, 0.25) is 10.0 Å². The summed E-state index contributed by atoms with van der Waals surface area (Å²) in [7, 11) is -8.09. The number of carbonyl (C=O) groups is 1. The van der Waals surface area contributed by atoms with Crippen molar-refractivity contribution in [1.29, 1.82) is 0 Å². The number of aromatic nitrogens is 3. The Labute approximate surface area is 220 Å². The number of sulfonamides is 1. The van der Waals surface area contributed by atoms with Crippen LogP contribution in [0.4, 0.5) is 9.18 Å². The monoisotopic (exact) mass is 580 g/mol. The Morgan fingerprint density at radius 1 is 1.30 bits per heavy atom. The molecule has 0 unspecified atom stereocenters. The Morgan fingerprint density at radius 2 is 2.00 bits per heavy atom. The van der Waals surface area contributed by atoms with E-state index in [1.165, 1.54) is 16.4 Å². The molecule has 2 aromatic rings. The molecule has 1 fully saturated rings. The molecule has 0 aliphatic carbocycles. The van der Waals surface area contributed by atoms with E-state index < -0.39 is 50.0 Å². The first-order valence-corrected chi connectivity index (χ1v) is 14.9. The molecule has 3 N–H and O–H groups in total. The number of hydrogen-bond acceptors (Lipinski definition) is 8. The molecule has 16 heteroatoms. The van der Waals surface area contributed by atoms with Crippen LogP contribution in [0.2, 0.25) is 5.15 Å². The molecule has 0 saturated carbocycles. The van der Waals surface area contributed by atoms with Gasteiger partial charge in [-0.05, 0) is 45.2 Å². The van der Waals surface area contributed by atoms with Crippen LogP contribution in [0, 0.1) is 11.7 Å². The van der Waals surface area contributed by atoms with Gasteiger partial charge in [0.1, 0.15) is 17.1 Å². The van der Waals surface area contributed by atoms with Gasteiger partial charge in [0, 0.05) is 25.6 Å². The van der Waals surface area contributed by atoms with Crippen LogP contribution in [-0.2, 0) is 25.0 Å². The lowest BCUT2D eigenvalue weighted by molar-refractivity contribution is 0.0569. The van der Waals surface area contributed by atoms with E-state index in [9.17, 15) is 26.0 Å². The van der Waals surface area contributed by atoms with Gasteiger partial charge in [0.25, 0.3) is 0 Å². The first kappa shape index (κ1) is 29.2. The van der Waals surface area contributed by atoms with Gasteiger partial charge in [-0.2, -0.15) is 13.1 Å². The third-order valence-electron chi connectivity index (χ3n) is 5.56. The minimum absolute atomic E-state index is 0.114. The summed E-state index contributed by atoms with van der Waals surface area (Å²) in [5, 5.41) is 0.237. The summed E-state index contributed by atoms with van der Waals surface area (Å²) in [6, 6.07) is 2.74. The van der Waals surface area contributed by atoms with Crippen LogP contribution in [-0.4, -0.2) is 73.2 Å². The summed E-state index contributed by atoms with van der Waals surface area (Å²) in [6.45, 7) is 6.55. The number of imidazole rings is 1. The molecule has 1 aliphatic heterocycles. The summed E-state index contributed by atoms with van der Waals surface area (Å²) in [6.07, 6.45) is 0.352. The number of nitrogens with one attached hydrogen (secondary N) is 3. The molecule has 1 aliphatic rings. The molecule has 2 aromatic heterocycles. The normalized spacial score (nSPS) is 19.5. The molecular formula is C21H30ClFN6O6S2. The first-order chi connectivity index (χ1) is 17.1. The highest BCUT2D eigenvalue weighted by Crippen LogP contribution is 2.37. The first-order valence-electron chi connectivity index (χ1n) is 11.4. The number of halogens is 2. The standard InChI is InChI=1S/C21H30ClFN6O6S2/c1-13-12-29(36(31,32)10-8-25-37(33,34)28-20(30)35-21(2,3)4)9-7-15(13)17-18(22)27-19(26-17)16-6-5-14(23)11-24-16/h5-6,11,13,15,25H,7-10,12H2,1-4H3,(H,26,27)(H,28,30)/t13-,15+/m0/s1. The fourth-order valence-electron chi connectivity index (χ4n) is 3.92. The summed E-state index contributed by atoms with van der Waals surface area (Å²) in [5.41, 5.74) is 0.171. The number of ether oxygens (including phenoxy) is 1. The van der Waals surface area contributed by atoms with Gasteiger partial charge in [-0.1, -0.05) is 18.5 Å². The zero-order chi connectivity index (χ0) is 27.6. The second-order valence-corrected chi connectivity index (χ2v) is 13.6. The van der Waals surface area contributed by atoms with Gasteiger partial charge in [0.15, 0.2) is 11.0 Å². The molecule has 0 aromatic carbocycles. The van der Waals surface area contributed by atoms with E-state index in [-0.39, 0.29) is 30.1 Å². The highest BCUT2D eigenvalue weighted by molar-refractivity contribution is 7.89. The molecule has 1 amide bonds. The Morgan fingerprint density at radius 3 is 2.59 bits per heavy atom. The summed E-state index contributed by atoms with van der Waals surface area (Å²) in [4.78, 5) is 23.1. The van der Waals surface area contributed by atoms with E-state index in [1.807, 2.05) is 11.6 Å². The maximum absolute atomic E-state index is 13.2. The van der Waals surface area contributed by atoms with E-state index in [0.29, 0.717) is 23.6 Å². The number of pyridine rings is 1. The molecule has 1 saturated heterocycles. The molecule has 0 bridgehead atoms. The van der Waals surface area contributed by atoms with Crippen LogP contribution in [0.5, 0.6) is 0 Å². The average molecular weight is 581 g/mol. The van der Waals surface area contributed by atoms with Gasteiger partial charge in [-0.15, -0.1) is 0 Å². The molecule has 3 heterocycles. The summed E-state index contributed by atoms with van der Waals surface area (Å²) >= 11 is 6.35. The lowest BCUT2D eigenvalue weighted by atomic mass is 9.86. The van der Waals surface area contributed by atoms with Gasteiger partial charge in [-0.25, -0.2) is 36.6 Å². The second kappa shape index (κ2) is 11.2. The van der Waals surface area contributed by atoms with E-state index in [1.54, 1.807) is 25.5 Å². The number of piperidine rings is 1. The van der Waals surface area contributed by atoms with Gasteiger partial charge in [-0.3, -0.25) is 0 Å². The number of carbonyl (C=O) groups excluding carboxylic acids is 1. The van der Waals surface area contributed by atoms with Gasteiger partial charge < -0.3 is 9.72 Å². The minimum atomic E-state index is -4.30. The van der Waals surface area contributed by atoms with Crippen molar-refractivity contribution in [2.24, 2.45) is 5.92 Å².